The van der Waals surface area contributed by atoms with Crippen LogP contribution in [0.2, 0.25) is 0 Å². The summed E-state index contributed by atoms with van der Waals surface area (Å²) in [5, 5.41) is 21.9. The molecule has 4 rings (SSSR count). The van der Waals surface area contributed by atoms with Crippen LogP contribution in [0.15, 0.2) is 53.5 Å². The fourth-order valence-corrected chi connectivity index (χ4v) is 3.47. The molecule has 8 nitrogen and oxygen atoms in total. The normalized spacial score (nSPS) is 11.5. The molecule has 8 heteroatoms. The molecule has 0 fully saturated rings. The number of benzene rings is 2. The van der Waals surface area contributed by atoms with Crippen molar-refractivity contribution in [1.29, 1.82) is 5.26 Å². The van der Waals surface area contributed by atoms with Gasteiger partial charge in [-0.3, -0.25) is 9.48 Å². The average molecular weight is 412 g/mol. The van der Waals surface area contributed by atoms with Crippen molar-refractivity contribution >= 4 is 22.4 Å². The minimum atomic E-state index is -0.267. The first-order valence-electron chi connectivity index (χ1n) is 9.55. The highest BCUT2D eigenvalue weighted by molar-refractivity contribution is 5.94. The number of rotatable bonds is 5. The van der Waals surface area contributed by atoms with Gasteiger partial charge in [0.1, 0.15) is 5.75 Å². The molecule has 0 aliphatic heterocycles. The number of methoxy groups -OCH3 is 1. The lowest BCUT2D eigenvalue weighted by atomic mass is 9.99. The second-order valence-electron chi connectivity index (χ2n) is 6.93. The molecule has 0 amide bonds. The predicted molar refractivity (Wildman–Crippen MR) is 119 cm³/mol. The molecule has 4 aromatic rings. The maximum atomic E-state index is 12.1. The van der Waals surface area contributed by atoms with E-state index in [0.717, 1.165) is 28.1 Å². The summed E-state index contributed by atoms with van der Waals surface area (Å²) in [5.41, 5.74) is 9.85. The monoisotopic (exact) mass is 412 g/mol. The topological polar surface area (TPSA) is 123 Å². The van der Waals surface area contributed by atoms with Gasteiger partial charge in [0.2, 0.25) is 0 Å². The molecule has 0 spiro atoms. The SMILES string of the molecule is COc1ccc(/C(C#N)=C/c2c(-c3ccc4c(=O)[nH]nc(CN)c4c3)cnn2C)cc1. The van der Waals surface area contributed by atoms with Crippen LogP contribution in [0, 0.1) is 11.3 Å². The number of aromatic nitrogens is 4. The largest absolute Gasteiger partial charge is 0.497 e. The Bertz CT molecular complexity index is 1390. The van der Waals surface area contributed by atoms with Crippen molar-refractivity contribution in [3.8, 4) is 22.9 Å². The first-order chi connectivity index (χ1) is 15.0. The second kappa shape index (κ2) is 8.26. The number of allylic oxidation sites excluding steroid dienone is 1. The molecule has 2 aromatic carbocycles. The Morgan fingerprint density at radius 2 is 2.03 bits per heavy atom. The van der Waals surface area contributed by atoms with Crippen LogP contribution < -0.4 is 16.0 Å². The molecule has 0 saturated heterocycles. The number of nitrogens with one attached hydrogen (secondary N) is 1. The summed E-state index contributed by atoms with van der Waals surface area (Å²) >= 11 is 0. The number of nitriles is 1. The number of hydrogen-bond donors (Lipinski definition) is 2. The van der Waals surface area contributed by atoms with Gasteiger partial charge in [-0.25, -0.2) is 5.10 Å². The number of hydrogen-bond acceptors (Lipinski definition) is 6. The smallest absolute Gasteiger partial charge is 0.272 e. The molecule has 0 unspecified atom stereocenters. The number of aromatic amines is 1. The molecule has 0 radical (unpaired) electrons. The zero-order valence-electron chi connectivity index (χ0n) is 17.1. The van der Waals surface area contributed by atoms with Crippen molar-refractivity contribution in [2.45, 2.75) is 6.54 Å². The molecule has 2 aromatic heterocycles. The van der Waals surface area contributed by atoms with Crippen molar-refractivity contribution in [2.24, 2.45) is 12.8 Å². The van der Waals surface area contributed by atoms with E-state index in [1.807, 2.05) is 43.4 Å². The van der Waals surface area contributed by atoms with Crippen LogP contribution >= 0.6 is 0 Å². The van der Waals surface area contributed by atoms with Gasteiger partial charge in [0.05, 0.1) is 41.7 Å². The Labute approximate surface area is 178 Å². The van der Waals surface area contributed by atoms with E-state index >= 15 is 0 Å². The van der Waals surface area contributed by atoms with E-state index in [9.17, 15) is 10.1 Å². The van der Waals surface area contributed by atoms with E-state index in [0.29, 0.717) is 22.0 Å². The van der Waals surface area contributed by atoms with Gasteiger partial charge in [-0.05, 0) is 53.6 Å². The lowest BCUT2D eigenvalue weighted by Gasteiger charge is -2.07. The number of fused-ring (bicyclic) bond motifs is 1. The molecule has 0 saturated carbocycles. The van der Waals surface area contributed by atoms with Gasteiger partial charge in [0.25, 0.3) is 5.56 Å². The predicted octanol–water partition coefficient (Wildman–Crippen LogP) is 2.86. The van der Waals surface area contributed by atoms with Crippen LogP contribution in [0.4, 0.5) is 0 Å². The van der Waals surface area contributed by atoms with Crippen molar-refractivity contribution in [2.75, 3.05) is 7.11 Å². The third-order valence-corrected chi connectivity index (χ3v) is 5.16. The molecule has 31 heavy (non-hydrogen) atoms. The first-order valence-corrected chi connectivity index (χ1v) is 9.55. The van der Waals surface area contributed by atoms with Gasteiger partial charge >= 0.3 is 0 Å². The van der Waals surface area contributed by atoms with Crippen molar-refractivity contribution < 1.29 is 4.74 Å². The summed E-state index contributed by atoms with van der Waals surface area (Å²) in [5.74, 6) is 0.720. The molecule has 0 bridgehead atoms. The number of nitrogens with two attached hydrogens (primary N) is 1. The Hall–Kier alpha value is -4.22. The molecule has 3 N–H and O–H groups in total. The molecule has 2 heterocycles. The van der Waals surface area contributed by atoms with E-state index in [2.05, 4.69) is 21.4 Å². The molecule has 0 atom stereocenters. The number of aryl methyl sites for hydroxylation is 1. The molecule has 0 aliphatic rings. The summed E-state index contributed by atoms with van der Waals surface area (Å²) in [6.07, 6.45) is 3.53. The highest BCUT2D eigenvalue weighted by atomic mass is 16.5. The Morgan fingerprint density at radius 3 is 2.71 bits per heavy atom. The average Bonchev–Trinajstić information content (AvgIpc) is 3.17. The summed E-state index contributed by atoms with van der Waals surface area (Å²) in [6.45, 7) is 0.201. The Balaban J connectivity index is 1.85. The maximum absolute atomic E-state index is 12.1. The van der Waals surface area contributed by atoms with E-state index in [1.54, 1.807) is 30.1 Å². The number of H-pyrrole nitrogens is 1. The maximum Gasteiger partial charge on any atom is 0.272 e. The third-order valence-electron chi connectivity index (χ3n) is 5.16. The fraction of sp³-hybridized carbons (Fsp3) is 0.130. The van der Waals surface area contributed by atoms with Gasteiger partial charge in [-0.2, -0.15) is 15.5 Å². The zero-order chi connectivity index (χ0) is 22.0. The van der Waals surface area contributed by atoms with Crippen LogP contribution in [0.3, 0.4) is 0 Å². The molecular weight excluding hydrogens is 392 g/mol. The van der Waals surface area contributed by atoms with E-state index in [1.165, 1.54) is 0 Å². The minimum Gasteiger partial charge on any atom is -0.497 e. The lowest BCUT2D eigenvalue weighted by Crippen LogP contribution is -2.13. The van der Waals surface area contributed by atoms with Crippen molar-refractivity contribution in [3.05, 3.63) is 76.0 Å². The molecular formula is C23H20N6O2. The van der Waals surface area contributed by atoms with E-state index < -0.39 is 0 Å². The van der Waals surface area contributed by atoms with Crippen molar-refractivity contribution in [1.82, 2.24) is 20.0 Å². The third kappa shape index (κ3) is 3.70. The van der Waals surface area contributed by atoms with E-state index in [4.69, 9.17) is 10.5 Å². The summed E-state index contributed by atoms with van der Waals surface area (Å²) in [4.78, 5) is 12.1. The Kier molecular flexibility index (Phi) is 5.35. The molecule has 0 aliphatic carbocycles. The van der Waals surface area contributed by atoms with Gasteiger partial charge in [-0.15, -0.1) is 0 Å². The highest BCUT2D eigenvalue weighted by Crippen LogP contribution is 2.30. The van der Waals surface area contributed by atoms with Gasteiger partial charge in [-0.1, -0.05) is 6.07 Å². The van der Waals surface area contributed by atoms with Gasteiger partial charge in [0.15, 0.2) is 0 Å². The standard InChI is InChI=1S/C23H20N6O2/c1-29-22(10-16(11-24)14-3-6-17(31-2)7-4-14)20(13-26-29)15-5-8-18-19(9-15)21(12-25)27-28-23(18)30/h3-10,13H,12,25H2,1-2H3,(H,28,30)/b16-10+. The van der Waals surface area contributed by atoms with Crippen LogP contribution in [-0.2, 0) is 13.6 Å². The van der Waals surface area contributed by atoms with Crippen molar-refractivity contribution in [3.63, 3.8) is 0 Å². The first kappa shape index (κ1) is 20.1. The highest BCUT2D eigenvalue weighted by Gasteiger charge is 2.14. The number of nitrogens with zero attached hydrogens (tertiary/aromatic N) is 4. The Morgan fingerprint density at radius 1 is 1.26 bits per heavy atom. The quantitative estimate of drug-likeness (QED) is 0.486. The summed E-state index contributed by atoms with van der Waals surface area (Å²) in [6, 6.07) is 15.0. The van der Waals surface area contributed by atoms with Crippen LogP contribution in [0.25, 0.3) is 33.5 Å². The van der Waals surface area contributed by atoms with Gasteiger partial charge < -0.3 is 10.5 Å². The van der Waals surface area contributed by atoms with Crippen LogP contribution in [0.5, 0.6) is 5.75 Å². The second-order valence-corrected chi connectivity index (χ2v) is 6.93. The van der Waals surface area contributed by atoms with E-state index in [-0.39, 0.29) is 12.1 Å². The minimum absolute atomic E-state index is 0.201. The van der Waals surface area contributed by atoms with Crippen LogP contribution in [0.1, 0.15) is 17.0 Å². The summed E-state index contributed by atoms with van der Waals surface area (Å²) in [7, 11) is 3.41. The fourth-order valence-electron chi connectivity index (χ4n) is 3.47. The van der Waals surface area contributed by atoms with Gasteiger partial charge in [0, 0.05) is 24.5 Å². The van der Waals surface area contributed by atoms with Crippen LogP contribution in [-0.4, -0.2) is 27.1 Å². The lowest BCUT2D eigenvalue weighted by molar-refractivity contribution is 0.415. The summed E-state index contributed by atoms with van der Waals surface area (Å²) < 4.78 is 6.90. The number of ether oxygens (including phenoxy) is 1. The molecule has 154 valence electrons. The zero-order valence-corrected chi connectivity index (χ0v) is 17.1.